The van der Waals surface area contributed by atoms with Gasteiger partial charge in [0.05, 0.1) is 12.3 Å². The molecule has 3 rings (SSSR count). The Labute approximate surface area is 145 Å². The second-order valence-corrected chi connectivity index (χ2v) is 7.53. The predicted octanol–water partition coefficient (Wildman–Crippen LogP) is 1.98. The van der Waals surface area contributed by atoms with Gasteiger partial charge < -0.3 is 14.6 Å². The third-order valence-electron chi connectivity index (χ3n) is 4.73. The van der Waals surface area contributed by atoms with E-state index in [4.69, 9.17) is 4.42 Å². The number of carbonyl (C=O) groups is 2. The summed E-state index contributed by atoms with van der Waals surface area (Å²) in [6.07, 6.45) is 6.16. The number of aromatic nitrogens is 2. The normalized spacial score (nSPS) is 24.4. The molecule has 1 saturated heterocycles. The number of carbonyl (C=O) groups excluding carboxylic acids is 2. The Kier molecular flexibility index (Phi) is 5.76. The van der Waals surface area contributed by atoms with Gasteiger partial charge in [-0.3, -0.25) is 9.59 Å². The smallest absolute Gasteiger partial charge is 0.277 e. The van der Waals surface area contributed by atoms with Gasteiger partial charge in [-0.25, -0.2) is 0 Å². The first-order valence-electron chi connectivity index (χ1n) is 8.64. The van der Waals surface area contributed by atoms with E-state index >= 15 is 0 Å². The minimum atomic E-state index is 0.00761. The standard InChI is InChI=1S/C16H24N4O3S/c1-11-5-2-3-6-12(11)17-13(21)10-24-16-19-18-14(23-16)9-20-8-4-7-15(20)22/h11-12H,2-10H2,1H3,(H,17,21)/t11-,12+/m0/s1. The highest BCUT2D eigenvalue weighted by Crippen LogP contribution is 2.24. The first kappa shape index (κ1) is 17.3. The summed E-state index contributed by atoms with van der Waals surface area (Å²) in [4.78, 5) is 25.4. The minimum absolute atomic E-state index is 0.00761. The molecule has 0 aromatic carbocycles. The average molecular weight is 352 g/mol. The molecule has 24 heavy (non-hydrogen) atoms. The minimum Gasteiger partial charge on any atom is -0.414 e. The van der Waals surface area contributed by atoms with E-state index in [2.05, 4.69) is 22.4 Å². The van der Waals surface area contributed by atoms with E-state index in [-0.39, 0.29) is 23.6 Å². The first-order valence-corrected chi connectivity index (χ1v) is 9.62. The van der Waals surface area contributed by atoms with Crippen molar-refractivity contribution >= 4 is 23.6 Å². The lowest BCUT2D eigenvalue weighted by Crippen LogP contribution is -2.41. The lowest BCUT2D eigenvalue weighted by molar-refractivity contribution is -0.128. The lowest BCUT2D eigenvalue weighted by Gasteiger charge is -2.29. The molecule has 132 valence electrons. The number of thioether (sulfide) groups is 1. The molecule has 2 atom stereocenters. The van der Waals surface area contributed by atoms with Crippen LogP contribution in [0.3, 0.4) is 0 Å². The molecular formula is C16H24N4O3S. The first-order chi connectivity index (χ1) is 11.6. The summed E-state index contributed by atoms with van der Waals surface area (Å²) in [6.45, 7) is 3.30. The maximum absolute atomic E-state index is 12.1. The van der Waals surface area contributed by atoms with Crippen molar-refractivity contribution in [2.75, 3.05) is 12.3 Å². The predicted molar refractivity (Wildman–Crippen MR) is 89.2 cm³/mol. The van der Waals surface area contributed by atoms with Gasteiger partial charge in [-0.05, 0) is 25.2 Å². The summed E-state index contributed by atoms with van der Waals surface area (Å²) in [6, 6.07) is 0.284. The number of rotatable bonds is 6. The van der Waals surface area contributed by atoms with Crippen LogP contribution in [0.15, 0.2) is 9.64 Å². The van der Waals surface area contributed by atoms with Gasteiger partial charge >= 0.3 is 0 Å². The summed E-state index contributed by atoms with van der Waals surface area (Å²) >= 11 is 1.24. The van der Waals surface area contributed by atoms with E-state index < -0.39 is 0 Å². The van der Waals surface area contributed by atoms with Crippen LogP contribution in [0.2, 0.25) is 0 Å². The molecule has 0 spiro atoms. The Morgan fingerprint density at radius 1 is 1.33 bits per heavy atom. The third-order valence-corrected chi connectivity index (χ3v) is 5.55. The summed E-state index contributed by atoms with van der Waals surface area (Å²) in [5.41, 5.74) is 0. The molecule has 2 amide bonds. The van der Waals surface area contributed by atoms with Crippen molar-refractivity contribution in [2.45, 2.75) is 63.3 Å². The van der Waals surface area contributed by atoms with Crippen LogP contribution in [0.1, 0.15) is 51.3 Å². The Morgan fingerprint density at radius 2 is 2.17 bits per heavy atom. The van der Waals surface area contributed by atoms with Crippen LogP contribution in [-0.2, 0) is 16.1 Å². The van der Waals surface area contributed by atoms with Gasteiger partial charge in [0.1, 0.15) is 0 Å². The lowest BCUT2D eigenvalue weighted by atomic mass is 9.86. The topological polar surface area (TPSA) is 88.3 Å². The number of likely N-dealkylation sites (tertiary alicyclic amines) is 1. The molecule has 2 heterocycles. The van der Waals surface area contributed by atoms with Gasteiger partial charge in [0.25, 0.3) is 5.22 Å². The van der Waals surface area contributed by atoms with Crippen LogP contribution in [0.5, 0.6) is 0 Å². The summed E-state index contributed by atoms with van der Waals surface area (Å²) in [7, 11) is 0. The van der Waals surface area contributed by atoms with E-state index in [1.165, 1.54) is 31.0 Å². The van der Waals surface area contributed by atoms with Crippen molar-refractivity contribution in [3.8, 4) is 0 Å². The van der Waals surface area contributed by atoms with E-state index in [0.29, 0.717) is 30.0 Å². The van der Waals surface area contributed by atoms with Crippen molar-refractivity contribution in [3.05, 3.63) is 5.89 Å². The van der Waals surface area contributed by atoms with Crippen LogP contribution in [-0.4, -0.2) is 45.3 Å². The number of hydrogen-bond donors (Lipinski definition) is 1. The van der Waals surface area contributed by atoms with Gasteiger partial charge in [0, 0.05) is 19.0 Å². The van der Waals surface area contributed by atoms with Crippen LogP contribution in [0.25, 0.3) is 0 Å². The van der Waals surface area contributed by atoms with E-state index in [9.17, 15) is 9.59 Å². The third kappa shape index (κ3) is 4.49. The summed E-state index contributed by atoms with van der Waals surface area (Å²) in [5.74, 6) is 1.37. The van der Waals surface area contributed by atoms with E-state index in [1.807, 2.05) is 0 Å². The molecule has 1 aromatic rings. The molecule has 2 fully saturated rings. The van der Waals surface area contributed by atoms with Crippen molar-refractivity contribution in [3.63, 3.8) is 0 Å². The van der Waals surface area contributed by atoms with Crippen molar-refractivity contribution < 1.29 is 14.0 Å². The highest BCUT2D eigenvalue weighted by Gasteiger charge is 2.24. The summed E-state index contributed by atoms with van der Waals surface area (Å²) in [5, 5.41) is 11.4. The van der Waals surface area contributed by atoms with Crippen molar-refractivity contribution in [2.24, 2.45) is 5.92 Å². The van der Waals surface area contributed by atoms with Gasteiger partial charge in [-0.15, -0.1) is 10.2 Å². The van der Waals surface area contributed by atoms with Gasteiger partial charge in [-0.1, -0.05) is 31.5 Å². The second-order valence-electron chi connectivity index (χ2n) is 6.60. The number of amides is 2. The fourth-order valence-electron chi connectivity index (χ4n) is 3.30. The van der Waals surface area contributed by atoms with Crippen LogP contribution in [0, 0.1) is 5.92 Å². The molecule has 1 N–H and O–H groups in total. The van der Waals surface area contributed by atoms with Gasteiger partial charge in [0.2, 0.25) is 17.7 Å². The highest BCUT2D eigenvalue weighted by molar-refractivity contribution is 7.99. The fourth-order valence-corrected chi connectivity index (χ4v) is 3.89. The molecule has 1 aliphatic carbocycles. The molecule has 0 unspecified atom stereocenters. The van der Waals surface area contributed by atoms with Gasteiger partial charge in [-0.2, -0.15) is 0 Å². The van der Waals surface area contributed by atoms with Gasteiger partial charge in [0.15, 0.2) is 0 Å². The largest absolute Gasteiger partial charge is 0.414 e. The monoisotopic (exact) mass is 352 g/mol. The van der Waals surface area contributed by atoms with E-state index in [0.717, 1.165) is 19.4 Å². The fraction of sp³-hybridized carbons (Fsp3) is 0.750. The average Bonchev–Trinajstić information content (AvgIpc) is 3.18. The molecule has 0 radical (unpaired) electrons. The zero-order chi connectivity index (χ0) is 16.9. The number of nitrogens with zero attached hydrogens (tertiary/aromatic N) is 3. The quantitative estimate of drug-likeness (QED) is 0.788. The zero-order valence-electron chi connectivity index (χ0n) is 14.0. The maximum Gasteiger partial charge on any atom is 0.277 e. The Morgan fingerprint density at radius 3 is 2.92 bits per heavy atom. The van der Waals surface area contributed by atoms with Crippen molar-refractivity contribution in [1.29, 1.82) is 0 Å². The maximum atomic E-state index is 12.1. The molecule has 1 aliphatic heterocycles. The molecule has 1 saturated carbocycles. The van der Waals surface area contributed by atoms with E-state index in [1.54, 1.807) is 4.90 Å². The Hall–Kier alpha value is -1.57. The molecule has 7 nitrogen and oxygen atoms in total. The highest BCUT2D eigenvalue weighted by atomic mass is 32.2. The second kappa shape index (κ2) is 8.00. The Balaban J connectivity index is 1.43. The number of hydrogen-bond acceptors (Lipinski definition) is 6. The number of nitrogens with one attached hydrogen (secondary N) is 1. The molecule has 0 bridgehead atoms. The molecule has 2 aliphatic rings. The Bertz CT molecular complexity index is 592. The van der Waals surface area contributed by atoms with Crippen LogP contribution in [0.4, 0.5) is 0 Å². The van der Waals surface area contributed by atoms with Crippen LogP contribution < -0.4 is 5.32 Å². The molecular weight excluding hydrogens is 328 g/mol. The molecule has 8 heteroatoms. The SMILES string of the molecule is C[C@H]1CCCC[C@H]1NC(=O)CSc1nnc(CN2CCCC2=O)o1. The summed E-state index contributed by atoms with van der Waals surface area (Å²) < 4.78 is 5.52. The molecule has 1 aromatic heterocycles. The van der Waals surface area contributed by atoms with Crippen molar-refractivity contribution in [1.82, 2.24) is 20.4 Å². The van der Waals surface area contributed by atoms with Crippen LogP contribution >= 0.6 is 11.8 Å². The zero-order valence-corrected chi connectivity index (χ0v) is 14.8.